The number of fused-ring (bicyclic) bond motifs is 1. The number of hydrogen-bond donors (Lipinski definition) is 1. The van der Waals surface area contributed by atoms with Gasteiger partial charge >= 0.3 is 0 Å². The standard InChI is InChI=1S/C16H26N4/c1-16(2,3)15-18-13(17-4)8-14(19-15)20-9-11-6-5-7-12(11)10-20/h8,11-12H,5-7,9-10H2,1-4H3,(H,17,18,19). The molecule has 0 aromatic carbocycles. The van der Waals surface area contributed by atoms with Gasteiger partial charge in [-0.1, -0.05) is 27.2 Å². The third kappa shape index (κ3) is 2.48. The molecule has 1 aliphatic carbocycles. The number of anilines is 2. The highest BCUT2D eigenvalue weighted by Gasteiger charge is 2.37. The summed E-state index contributed by atoms with van der Waals surface area (Å²) in [6.45, 7) is 8.86. The van der Waals surface area contributed by atoms with E-state index in [-0.39, 0.29) is 5.41 Å². The largest absolute Gasteiger partial charge is 0.373 e. The minimum Gasteiger partial charge on any atom is -0.373 e. The predicted octanol–water partition coefficient (Wildman–Crippen LogP) is 3.05. The van der Waals surface area contributed by atoms with E-state index in [1.54, 1.807) is 0 Å². The van der Waals surface area contributed by atoms with Crippen molar-refractivity contribution in [1.29, 1.82) is 0 Å². The molecule has 3 rings (SSSR count). The fourth-order valence-electron chi connectivity index (χ4n) is 3.48. The SMILES string of the molecule is CNc1cc(N2CC3CCCC3C2)nc(C(C)(C)C)n1. The van der Waals surface area contributed by atoms with Gasteiger partial charge in [-0.3, -0.25) is 0 Å². The fourth-order valence-corrected chi connectivity index (χ4v) is 3.48. The first-order valence-electron chi connectivity index (χ1n) is 7.79. The van der Waals surface area contributed by atoms with E-state index in [4.69, 9.17) is 4.98 Å². The molecule has 0 amide bonds. The van der Waals surface area contributed by atoms with Gasteiger partial charge in [0.1, 0.15) is 17.5 Å². The zero-order valence-electron chi connectivity index (χ0n) is 13.1. The van der Waals surface area contributed by atoms with E-state index in [9.17, 15) is 0 Å². The van der Waals surface area contributed by atoms with Crippen LogP contribution in [0.3, 0.4) is 0 Å². The molecule has 110 valence electrons. The zero-order chi connectivity index (χ0) is 14.3. The van der Waals surface area contributed by atoms with Crippen LogP contribution in [-0.2, 0) is 5.41 Å². The van der Waals surface area contributed by atoms with E-state index in [1.165, 1.54) is 32.4 Å². The zero-order valence-corrected chi connectivity index (χ0v) is 13.1. The first-order chi connectivity index (χ1) is 9.47. The minimum atomic E-state index is -0.0167. The highest BCUT2D eigenvalue weighted by Crippen LogP contribution is 2.39. The fraction of sp³-hybridized carbons (Fsp3) is 0.750. The molecule has 2 unspecified atom stereocenters. The number of aromatic nitrogens is 2. The molecule has 2 fully saturated rings. The molecule has 2 atom stereocenters. The molecule has 1 saturated carbocycles. The van der Waals surface area contributed by atoms with Crippen LogP contribution in [0.5, 0.6) is 0 Å². The van der Waals surface area contributed by atoms with Crippen molar-refractivity contribution in [3.63, 3.8) is 0 Å². The summed E-state index contributed by atoms with van der Waals surface area (Å²) in [7, 11) is 1.93. The Morgan fingerprint density at radius 1 is 1.15 bits per heavy atom. The van der Waals surface area contributed by atoms with Crippen molar-refractivity contribution in [2.75, 3.05) is 30.4 Å². The van der Waals surface area contributed by atoms with E-state index >= 15 is 0 Å². The summed E-state index contributed by atoms with van der Waals surface area (Å²) in [6.07, 6.45) is 4.22. The summed E-state index contributed by atoms with van der Waals surface area (Å²) in [5.41, 5.74) is -0.0167. The van der Waals surface area contributed by atoms with Gasteiger partial charge in [0, 0.05) is 31.6 Å². The van der Waals surface area contributed by atoms with Gasteiger partial charge in [0.2, 0.25) is 0 Å². The number of hydrogen-bond acceptors (Lipinski definition) is 4. The second kappa shape index (κ2) is 4.90. The van der Waals surface area contributed by atoms with E-state index in [0.29, 0.717) is 0 Å². The summed E-state index contributed by atoms with van der Waals surface area (Å²) >= 11 is 0. The number of rotatable bonds is 2. The third-order valence-corrected chi connectivity index (χ3v) is 4.69. The second-order valence-corrected chi connectivity index (χ2v) is 7.29. The Labute approximate surface area is 122 Å². The minimum absolute atomic E-state index is 0.0167. The molecule has 1 aliphatic heterocycles. The molecule has 2 heterocycles. The molecular formula is C16H26N4. The summed E-state index contributed by atoms with van der Waals surface area (Å²) in [5.74, 6) is 4.74. The van der Waals surface area contributed by atoms with Crippen LogP contribution in [-0.4, -0.2) is 30.1 Å². The Morgan fingerprint density at radius 3 is 2.35 bits per heavy atom. The lowest BCUT2D eigenvalue weighted by atomic mass is 9.96. The maximum absolute atomic E-state index is 4.84. The Hall–Kier alpha value is -1.32. The number of nitrogens with one attached hydrogen (secondary N) is 1. The molecule has 1 aromatic rings. The third-order valence-electron chi connectivity index (χ3n) is 4.69. The first-order valence-corrected chi connectivity index (χ1v) is 7.79. The lowest BCUT2D eigenvalue weighted by molar-refractivity contribution is 0.494. The first kappa shape index (κ1) is 13.7. The lowest BCUT2D eigenvalue weighted by Gasteiger charge is -2.23. The molecule has 1 N–H and O–H groups in total. The van der Waals surface area contributed by atoms with Crippen LogP contribution >= 0.6 is 0 Å². The van der Waals surface area contributed by atoms with Gasteiger partial charge < -0.3 is 10.2 Å². The molecular weight excluding hydrogens is 248 g/mol. The van der Waals surface area contributed by atoms with Gasteiger partial charge in [-0.05, 0) is 24.7 Å². The van der Waals surface area contributed by atoms with Gasteiger partial charge in [0.15, 0.2) is 0 Å². The van der Waals surface area contributed by atoms with Crippen LogP contribution < -0.4 is 10.2 Å². The van der Waals surface area contributed by atoms with Gasteiger partial charge in [-0.2, -0.15) is 0 Å². The smallest absolute Gasteiger partial charge is 0.138 e. The molecule has 4 heteroatoms. The average molecular weight is 274 g/mol. The topological polar surface area (TPSA) is 41.0 Å². The van der Waals surface area contributed by atoms with Crippen LogP contribution in [0.25, 0.3) is 0 Å². The molecule has 1 aromatic heterocycles. The van der Waals surface area contributed by atoms with Crippen LogP contribution in [0.1, 0.15) is 45.9 Å². The van der Waals surface area contributed by atoms with Crippen molar-refractivity contribution >= 4 is 11.6 Å². The van der Waals surface area contributed by atoms with E-state index < -0.39 is 0 Å². The van der Waals surface area contributed by atoms with Crippen molar-refractivity contribution in [2.24, 2.45) is 11.8 Å². The quantitative estimate of drug-likeness (QED) is 0.900. The maximum atomic E-state index is 4.84. The van der Waals surface area contributed by atoms with Gasteiger partial charge in [-0.15, -0.1) is 0 Å². The van der Waals surface area contributed by atoms with E-state index in [2.05, 4.69) is 42.0 Å². The Bertz CT molecular complexity index is 480. The van der Waals surface area contributed by atoms with E-state index in [1.807, 2.05) is 7.05 Å². The lowest BCUT2D eigenvalue weighted by Crippen LogP contribution is -2.25. The predicted molar refractivity (Wildman–Crippen MR) is 83.3 cm³/mol. The average Bonchev–Trinajstić information content (AvgIpc) is 2.97. The van der Waals surface area contributed by atoms with Crippen LogP contribution in [0.15, 0.2) is 6.07 Å². The molecule has 0 radical (unpaired) electrons. The van der Waals surface area contributed by atoms with Gasteiger partial charge in [0.05, 0.1) is 0 Å². The second-order valence-electron chi connectivity index (χ2n) is 7.29. The molecule has 20 heavy (non-hydrogen) atoms. The molecule has 1 saturated heterocycles. The Kier molecular flexibility index (Phi) is 3.35. The maximum Gasteiger partial charge on any atom is 0.138 e. The summed E-state index contributed by atoms with van der Waals surface area (Å²) in [6, 6.07) is 2.09. The Balaban J connectivity index is 1.89. The van der Waals surface area contributed by atoms with Crippen molar-refractivity contribution in [3.8, 4) is 0 Å². The molecule has 0 spiro atoms. The summed E-state index contributed by atoms with van der Waals surface area (Å²) in [5, 5.41) is 3.18. The molecule has 0 bridgehead atoms. The van der Waals surface area contributed by atoms with Gasteiger partial charge in [-0.25, -0.2) is 9.97 Å². The van der Waals surface area contributed by atoms with Crippen LogP contribution in [0.2, 0.25) is 0 Å². The van der Waals surface area contributed by atoms with E-state index in [0.717, 1.165) is 29.3 Å². The summed E-state index contributed by atoms with van der Waals surface area (Å²) in [4.78, 5) is 11.9. The summed E-state index contributed by atoms with van der Waals surface area (Å²) < 4.78 is 0. The number of nitrogens with zero attached hydrogens (tertiary/aromatic N) is 3. The Morgan fingerprint density at radius 2 is 1.80 bits per heavy atom. The molecule has 4 nitrogen and oxygen atoms in total. The normalized spacial score (nSPS) is 25.9. The van der Waals surface area contributed by atoms with Crippen molar-refractivity contribution in [2.45, 2.75) is 45.4 Å². The van der Waals surface area contributed by atoms with Gasteiger partial charge in [0.25, 0.3) is 0 Å². The monoisotopic (exact) mass is 274 g/mol. The highest BCUT2D eigenvalue weighted by atomic mass is 15.2. The van der Waals surface area contributed by atoms with Crippen molar-refractivity contribution in [1.82, 2.24) is 9.97 Å². The van der Waals surface area contributed by atoms with Crippen molar-refractivity contribution < 1.29 is 0 Å². The molecule has 2 aliphatic rings. The van der Waals surface area contributed by atoms with Crippen LogP contribution in [0, 0.1) is 11.8 Å². The highest BCUT2D eigenvalue weighted by molar-refractivity contribution is 5.50. The van der Waals surface area contributed by atoms with Crippen molar-refractivity contribution in [3.05, 3.63) is 11.9 Å². The van der Waals surface area contributed by atoms with Crippen LogP contribution in [0.4, 0.5) is 11.6 Å².